The van der Waals surface area contributed by atoms with Gasteiger partial charge in [0.2, 0.25) is 0 Å². The molecular formula is C9H23BN2O2+2. The van der Waals surface area contributed by atoms with Crippen molar-refractivity contribution >= 4 is 13.5 Å². The lowest BCUT2D eigenvalue weighted by Crippen LogP contribution is -2.58. The van der Waals surface area contributed by atoms with Crippen molar-refractivity contribution in [3.05, 3.63) is 0 Å². The van der Waals surface area contributed by atoms with E-state index in [4.69, 9.17) is 4.74 Å². The van der Waals surface area contributed by atoms with E-state index < -0.39 is 0 Å². The van der Waals surface area contributed by atoms with Crippen LogP contribution in [0.1, 0.15) is 6.92 Å². The minimum atomic E-state index is -0.119. The van der Waals surface area contributed by atoms with Crippen LogP contribution in [0.4, 0.5) is 0 Å². The number of likely N-dealkylation sites (N-methyl/N-ethyl adjacent to an activating group) is 1. The minimum absolute atomic E-state index is 0.119. The lowest BCUT2D eigenvalue weighted by Gasteiger charge is -2.32. The molecule has 0 aromatic heterocycles. The van der Waals surface area contributed by atoms with Gasteiger partial charge in [-0.15, -0.1) is 0 Å². The van der Waals surface area contributed by atoms with Crippen molar-refractivity contribution in [1.29, 1.82) is 0 Å². The Morgan fingerprint density at radius 1 is 1.21 bits per heavy atom. The molecule has 0 fully saturated rings. The Morgan fingerprint density at radius 2 is 1.71 bits per heavy atom. The predicted octanol–water partition coefficient (Wildman–Crippen LogP) is -0.401. The molecule has 0 aliphatic carbocycles. The summed E-state index contributed by atoms with van der Waals surface area (Å²) < 4.78 is 6.43. The zero-order valence-electron chi connectivity index (χ0n) is 10.3. The van der Waals surface area contributed by atoms with Gasteiger partial charge in [-0.25, -0.2) is 4.79 Å². The third-order valence-corrected chi connectivity index (χ3v) is 1.67. The van der Waals surface area contributed by atoms with Crippen molar-refractivity contribution in [2.75, 3.05) is 48.4 Å². The molecule has 0 rings (SSSR count). The summed E-state index contributed by atoms with van der Waals surface area (Å²) in [5, 5.41) is 0. The highest BCUT2D eigenvalue weighted by molar-refractivity contribution is 6.16. The van der Waals surface area contributed by atoms with E-state index in [-0.39, 0.29) is 5.97 Å². The van der Waals surface area contributed by atoms with Crippen molar-refractivity contribution in [2.45, 2.75) is 6.92 Å². The topological polar surface area (TPSA) is 26.3 Å². The van der Waals surface area contributed by atoms with Crippen LogP contribution in [0.3, 0.4) is 0 Å². The van der Waals surface area contributed by atoms with Gasteiger partial charge in [0.15, 0.2) is 6.54 Å². The summed E-state index contributed by atoms with van der Waals surface area (Å²) in [6.45, 7) is 2.73. The van der Waals surface area contributed by atoms with Gasteiger partial charge >= 0.3 is 13.5 Å². The monoisotopic (exact) mass is 202 g/mol. The van der Waals surface area contributed by atoms with Gasteiger partial charge in [-0.05, 0) is 6.92 Å². The first-order chi connectivity index (χ1) is 6.16. The van der Waals surface area contributed by atoms with Gasteiger partial charge < -0.3 is 13.5 Å². The first kappa shape index (κ1) is 13.5. The lowest BCUT2D eigenvalue weighted by molar-refractivity contribution is -0.876. The molecule has 0 aromatic carbocycles. The summed E-state index contributed by atoms with van der Waals surface area (Å²) in [6, 6.07) is 0. The van der Waals surface area contributed by atoms with E-state index in [1.807, 2.05) is 21.0 Å². The Balaban J connectivity index is 4.13. The van der Waals surface area contributed by atoms with E-state index in [0.717, 1.165) is 11.9 Å². The molecule has 0 spiro atoms. The molecule has 0 heterocycles. The van der Waals surface area contributed by atoms with Crippen LogP contribution in [0, 0.1) is 0 Å². The Labute approximate surface area is 87.9 Å². The fourth-order valence-electron chi connectivity index (χ4n) is 1.75. The van der Waals surface area contributed by atoms with Crippen LogP contribution >= 0.6 is 0 Å². The van der Waals surface area contributed by atoms with Crippen molar-refractivity contribution < 1.29 is 18.3 Å². The van der Waals surface area contributed by atoms with Crippen LogP contribution in [-0.2, 0) is 9.53 Å². The number of carbonyl (C=O) groups is 1. The highest BCUT2D eigenvalue weighted by Gasteiger charge is 2.33. The van der Waals surface area contributed by atoms with Crippen LogP contribution in [0.25, 0.3) is 0 Å². The van der Waals surface area contributed by atoms with Crippen molar-refractivity contribution in [2.24, 2.45) is 0 Å². The average Bonchev–Trinajstić information content (AvgIpc) is 1.78. The lowest BCUT2D eigenvalue weighted by atomic mass is 9.99. The third-order valence-electron chi connectivity index (χ3n) is 1.67. The second kappa shape index (κ2) is 4.80. The average molecular weight is 202 g/mol. The van der Waals surface area contributed by atoms with Gasteiger partial charge in [0.1, 0.15) is 0 Å². The van der Waals surface area contributed by atoms with Crippen molar-refractivity contribution in [1.82, 2.24) is 0 Å². The number of carbonyl (C=O) groups excluding carboxylic acids is 1. The maximum absolute atomic E-state index is 11.3. The molecule has 0 aliphatic rings. The largest absolute Gasteiger partial charge is 0.657 e. The van der Waals surface area contributed by atoms with Gasteiger partial charge in [0, 0.05) is 0 Å². The first-order valence-electron chi connectivity index (χ1n) is 4.94. The van der Waals surface area contributed by atoms with E-state index in [1.54, 1.807) is 0 Å². The molecule has 0 radical (unpaired) electrons. The van der Waals surface area contributed by atoms with E-state index in [1.165, 1.54) is 0 Å². The molecule has 0 saturated heterocycles. The predicted molar refractivity (Wildman–Crippen MR) is 58.8 cm³/mol. The molecule has 0 unspecified atom stereocenters. The van der Waals surface area contributed by atoms with Crippen LogP contribution in [0.15, 0.2) is 0 Å². The summed E-state index contributed by atoms with van der Waals surface area (Å²) in [7, 11) is 11.3. The SMILES string of the molecule is CCOC(=O)C[N+](C)(C)B[N+](C)(C)C. The normalized spacial score (nSPS) is 12.4. The van der Waals surface area contributed by atoms with Crippen LogP contribution in [0.5, 0.6) is 0 Å². The fourth-order valence-corrected chi connectivity index (χ4v) is 1.75. The van der Waals surface area contributed by atoms with Gasteiger partial charge in [-0.2, -0.15) is 0 Å². The highest BCUT2D eigenvalue weighted by atomic mass is 16.5. The van der Waals surface area contributed by atoms with Crippen molar-refractivity contribution in [3.63, 3.8) is 0 Å². The second-order valence-electron chi connectivity index (χ2n) is 5.33. The van der Waals surface area contributed by atoms with Gasteiger partial charge in [-0.1, -0.05) is 0 Å². The Kier molecular flexibility index (Phi) is 4.61. The maximum atomic E-state index is 11.3. The molecule has 5 heteroatoms. The quantitative estimate of drug-likeness (QED) is 0.448. The third kappa shape index (κ3) is 6.92. The Morgan fingerprint density at radius 3 is 2.07 bits per heavy atom. The number of quaternary nitrogens is 2. The van der Waals surface area contributed by atoms with Crippen LogP contribution in [0.2, 0.25) is 0 Å². The Hall–Kier alpha value is -0.545. The molecule has 0 amide bonds. The van der Waals surface area contributed by atoms with Crippen molar-refractivity contribution in [3.8, 4) is 0 Å². The van der Waals surface area contributed by atoms with E-state index in [9.17, 15) is 4.79 Å². The zero-order valence-corrected chi connectivity index (χ0v) is 10.3. The minimum Gasteiger partial charge on any atom is -0.462 e. The summed E-state index contributed by atoms with van der Waals surface area (Å²) >= 11 is 0. The smallest absolute Gasteiger partial charge is 0.462 e. The molecule has 82 valence electrons. The number of rotatable bonds is 5. The van der Waals surface area contributed by atoms with Gasteiger partial charge in [0.25, 0.3) is 0 Å². The Bertz CT molecular complexity index is 199. The number of ether oxygens (including phenoxy) is 1. The summed E-state index contributed by atoms with van der Waals surface area (Å²) in [5.41, 5.74) is 0. The van der Waals surface area contributed by atoms with Crippen LogP contribution in [-0.4, -0.2) is 70.7 Å². The van der Waals surface area contributed by atoms with E-state index in [0.29, 0.717) is 17.5 Å². The molecular weight excluding hydrogens is 179 g/mol. The molecule has 0 aromatic rings. The molecule has 14 heavy (non-hydrogen) atoms. The first-order valence-corrected chi connectivity index (χ1v) is 4.94. The maximum Gasteiger partial charge on any atom is 0.657 e. The zero-order chi connectivity index (χ0) is 11.4. The highest BCUT2D eigenvalue weighted by Crippen LogP contribution is 2.00. The van der Waals surface area contributed by atoms with Gasteiger partial charge in [0.05, 0.1) is 41.8 Å². The second-order valence-corrected chi connectivity index (χ2v) is 5.33. The van der Waals surface area contributed by atoms with E-state index >= 15 is 0 Å². The molecule has 0 N–H and O–H groups in total. The number of hydrogen-bond acceptors (Lipinski definition) is 2. The molecule has 0 atom stereocenters. The molecule has 4 nitrogen and oxygen atoms in total. The number of esters is 1. The summed E-state index contributed by atoms with van der Waals surface area (Å²) in [6.07, 6.45) is 0. The number of hydrogen-bond donors (Lipinski definition) is 0. The van der Waals surface area contributed by atoms with E-state index in [2.05, 4.69) is 21.1 Å². The summed E-state index contributed by atoms with van der Waals surface area (Å²) in [4.78, 5) is 11.3. The molecule has 0 bridgehead atoms. The summed E-state index contributed by atoms with van der Waals surface area (Å²) in [5.74, 6) is -0.119. The fraction of sp³-hybridized carbons (Fsp3) is 0.889. The standard InChI is InChI=1S/C9H23BN2O2/c1-7-14-9(13)8-12(5,6)10-11(2,3)4/h10H,7-8H2,1-6H3/q+2. The van der Waals surface area contributed by atoms with Crippen LogP contribution < -0.4 is 0 Å². The molecule has 0 aliphatic heterocycles. The molecule has 0 saturated carbocycles. The number of nitrogens with zero attached hydrogens (tertiary/aromatic N) is 2. The van der Waals surface area contributed by atoms with Gasteiger partial charge in [-0.3, -0.25) is 0 Å².